The molecule has 112 valence electrons. The van der Waals surface area contributed by atoms with Crippen LogP contribution in [0.25, 0.3) is 0 Å². The molecule has 2 aliphatic rings. The molecule has 2 rings (SSSR count). The van der Waals surface area contributed by atoms with E-state index >= 15 is 0 Å². The lowest BCUT2D eigenvalue weighted by Crippen LogP contribution is -2.38. The Kier molecular flexibility index (Phi) is 6.62. The van der Waals surface area contributed by atoms with Crippen molar-refractivity contribution in [3.63, 3.8) is 0 Å². The second-order valence-electron chi connectivity index (χ2n) is 6.50. The molecule has 2 heterocycles. The number of hydrogen-bond donors (Lipinski definition) is 1. The summed E-state index contributed by atoms with van der Waals surface area (Å²) in [7, 11) is 0. The summed E-state index contributed by atoms with van der Waals surface area (Å²) in [6.45, 7) is 9.84. The first-order valence-electron chi connectivity index (χ1n) is 8.40. The molecule has 0 aromatic carbocycles. The molecule has 3 nitrogen and oxygen atoms in total. The maximum atomic E-state index is 9.56. The molecule has 2 fully saturated rings. The van der Waals surface area contributed by atoms with Crippen LogP contribution in [0.4, 0.5) is 0 Å². The van der Waals surface area contributed by atoms with Gasteiger partial charge in [-0.05, 0) is 83.6 Å². The smallest absolute Gasteiger partial charge is 0.0538 e. The molecule has 2 aliphatic heterocycles. The Labute approximate surface area is 119 Å². The number of aliphatic hydroxyl groups excluding tert-OH is 1. The minimum absolute atomic E-state index is 0.0762. The number of nitrogens with zero attached hydrogens (tertiary/aromatic N) is 2. The van der Waals surface area contributed by atoms with Crippen LogP contribution >= 0.6 is 0 Å². The fourth-order valence-electron chi connectivity index (χ4n) is 3.48. The molecule has 0 amide bonds. The average molecular weight is 268 g/mol. The van der Waals surface area contributed by atoms with E-state index in [0.29, 0.717) is 0 Å². The van der Waals surface area contributed by atoms with Crippen molar-refractivity contribution >= 4 is 0 Å². The second kappa shape index (κ2) is 8.23. The van der Waals surface area contributed by atoms with Crippen LogP contribution in [0.15, 0.2) is 0 Å². The highest BCUT2D eigenvalue weighted by Gasteiger charge is 2.22. The molecule has 1 unspecified atom stereocenters. The Morgan fingerprint density at radius 1 is 1.05 bits per heavy atom. The van der Waals surface area contributed by atoms with Crippen molar-refractivity contribution < 1.29 is 5.11 Å². The summed E-state index contributed by atoms with van der Waals surface area (Å²) in [6, 6.07) is 0. The Bertz CT molecular complexity index is 233. The van der Waals surface area contributed by atoms with Crippen molar-refractivity contribution in [2.45, 2.75) is 58.0 Å². The van der Waals surface area contributed by atoms with Crippen LogP contribution in [0.2, 0.25) is 0 Å². The third kappa shape index (κ3) is 5.41. The molecular weight excluding hydrogens is 236 g/mol. The molecule has 1 N–H and O–H groups in total. The number of hydrogen-bond acceptors (Lipinski definition) is 3. The predicted octanol–water partition coefficient (Wildman–Crippen LogP) is 2.35. The van der Waals surface area contributed by atoms with Gasteiger partial charge in [0, 0.05) is 6.54 Å². The fraction of sp³-hybridized carbons (Fsp3) is 1.00. The monoisotopic (exact) mass is 268 g/mol. The van der Waals surface area contributed by atoms with Gasteiger partial charge in [0.25, 0.3) is 0 Å². The molecule has 0 aliphatic carbocycles. The maximum Gasteiger partial charge on any atom is 0.0538 e. The van der Waals surface area contributed by atoms with Crippen LogP contribution in [-0.2, 0) is 0 Å². The van der Waals surface area contributed by atoms with Gasteiger partial charge in [-0.1, -0.05) is 6.92 Å². The highest BCUT2D eigenvalue weighted by molar-refractivity contribution is 4.77. The van der Waals surface area contributed by atoms with E-state index in [1.165, 1.54) is 65.0 Å². The second-order valence-corrected chi connectivity index (χ2v) is 6.50. The van der Waals surface area contributed by atoms with E-state index in [2.05, 4.69) is 16.7 Å². The predicted molar refractivity (Wildman–Crippen MR) is 80.4 cm³/mol. The fourth-order valence-corrected chi connectivity index (χ4v) is 3.48. The summed E-state index contributed by atoms with van der Waals surface area (Å²) in [6.07, 6.45) is 8.55. The zero-order valence-corrected chi connectivity index (χ0v) is 12.7. The molecule has 2 saturated heterocycles. The molecule has 0 aromatic heterocycles. The normalized spacial score (nSPS) is 24.9. The van der Waals surface area contributed by atoms with Crippen molar-refractivity contribution in [2.24, 2.45) is 5.92 Å². The van der Waals surface area contributed by atoms with Crippen molar-refractivity contribution in [3.05, 3.63) is 0 Å². The third-order valence-electron chi connectivity index (χ3n) is 4.91. The Balaban J connectivity index is 1.54. The molecule has 0 radical (unpaired) electrons. The molecule has 19 heavy (non-hydrogen) atoms. The van der Waals surface area contributed by atoms with Crippen LogP contribution in [0.1, 0.15) is 51.9 Å². The van der Waals surface area contributed by atoms with Crippen LogP contribution in [0.5, 0.6) is 0 Å². The number of rotatable bonds is 7. The van der Waals surface area contributed by atoms with Crippen LogP contribution in [0.3, 0.4) is 0 Å². The van der Waals surface area contributed by atoms with E-state index in [-0.39, 0.29) is 6.10 Å². The SMILES string of the molecule is CCC(O)CCCN1CCC(CN2CCCC2)CC1. The first kappa shape index (κ1) is 15.3. The topological polar surface area (TPSA) is 26.7 Å². The highest BCUT2D eigenvalue weighted by Crippen LogP contribution is 2.21. The van der Waals surface area contributed by atoms with Crippen molar-refractivity contribution in [2.75, 3.05) is 39.3 Å². The van der Waals surface area contributed by atoms with E-state index in [1.807, 2.05) is 0 Å². The van der Waals surface area contributed by atoms with Gasteiger partial charge in [-0.15, -0.1) is 0 Å². The van der Waals surface area contributed by atoms with Crippen LogP contribution in [-0.4, -0.2) is 60.3 Å². The van der Waals surface area contributed by atoms with Gasteiger partial charge in [0.15, 0.2) is 0 Å². The van der Waals surface area contributed by atoms with Gasteiger partial charge in [0.1, 0.15) is 0 Å². The Morgan fingerprint density at radius 2 is 1.74 bits per heavy atom. The number of piperidine rings is 1. The molecule has 0 saturated carbocycles. The largest absolute Gasteiger partial charge is 0.393 e. The van der Waals surface area contributed by atoms with E-state index < -0.39 is 0 Å². The van der Waals surface area contributed by atoms with Crippen LogP contribution < -0.4 is 0 Å². The summed E-state index contributed by atoms with van der Waals surface area (Å²) in [5, 5.41) is 9.56. The van der Waals surface area contributed by atoms with Crippen molar-refractivity contribution in [1.82, 2.24) is 9.80 Å². The lowest BCUT2D eigenvalue weighted by Gasteiger charge is -2.34. The maximum absolute atomic E-state index is 9.56. The van der Waals surface area contributed by atoms with Crippen molar-refractivity contribution in [1.29, 1.82) is 0 Å². The van der Waals surface area contributed by atoms with E-state index in [4.69, 9.17) is 0 Å². The number of likely N-dealkylation sites (tertiary alicyclic amines) is 2. The van der Waals surface area contributed by atoms with Gasteiger partial charge in [-0.2, -0.15) is 0 Å². The summed E-state index contributed by atoms with van der Waals surface area (Å²) in [5.41, 5.74) is 0. The quantitative estimate of drug-likeness (QED) is 0.768. The lowest BCUT2D eigenvalue weighted by molar-refractivity contribution is 0.130. The summed E-state index contributed by atoms with van der Waals surface area (Å²) >= 11 is 0. The van der Waals surface area contributed by atoms with Gasteiger partial charge in [0.05, 0.1) is 6.10 Å². The summed E-state index contributed by atoms with van der Waals surface area (Å²) in [4.78, 5) is 5.26. The van der Waals surface area contributed by atoms with Gasteiger partial charge in [-0.3, -0.25) is 0 Å². The van der Waals surface area contributed by atoms with Gasteiger partial charge >= 0.3 is 0 Å². The zero-order valence-electron chi connectivity index (χ0n) is 12.7. The van der Waals surface area contributed by atoms with E-state index in [0.717, 1.165) is 25.2 Å². The molecule has 3 heteroatoms. The Hall–Kier alpha value is -0.120. The zero-order chi connectivity index (χ0) is 13.5. The first-order valence-corrected chi connectivity index (χ1v) is 8.40. The van der Waals surface area contributed by atoms with Crippen molar-refractivity contribution in [3.8, 4) is 0 Å². The minimum Gasteiger partial charge on any atom is -0.393 e. The van der Waals surface area contributed by atoms with Gasteiger partial charge < -0.3 is 14.9 Å². The summed E-state index contributed by atoms with van der Waals surface area (Å²) < 4.78 is 0. The minimum atomic E-state index is -0.0762. The molecule has 0 bridgehead atoms. The molecule has 0 spiro atoms. The molecule has 0 aromatic rings. The standard InChI is InChI=1S/C16H32N2O/c1-2-16(19)6-5-11-17-12-7-15(8-13-17)14-18-9-3-4-10-18/h15-16,19H,2-14H2,1H3. The highest BCUT2D eigenvalue weighted by atomic mass is 16.3. The number of aliphatic hydroxyl groups is 1. The first-order chi connectivity index (χ1) is 9.28. The van der Waals surface area contributed by atoms with Gasteiger partial charge in [0.2, 0.25) is 0 Å². The van der Waals surface area contributed by atoms with Crippen LogP contribution in [0, 0.1) is 5.92 Å². The Morgan fingerprint density at radius 3 is 2.37 bits per heavy atom. The summed E-state index contributed by atoms with van der Waals surface area (Å²) in [5.74, 6) is 0.940. The lowest BCUT2D eigenvalue weighted by atomic mass is 9.96. The van der Waals surface area contributed by atoms with E-state index in [1.54, 1.807) is 0 Å². The third-order valence-corrected chi connectivity index (χ3v) is 4.91. The van der Waals surface area contributed by atoms with E-state index in [9.17, 15) is 5.11 Å². The molecular formula is C16H32N2O. The molecule has 1 atom stereocenters. The average Bonchev–Trinajstić information content (AvgIpc) is 2.93. The van der Waals surface area contributed by atoms with Gasteiger partial charge in [-0.25, -0.2) is 0 Å².